The van der Waals surface area contributed by atoms with Crippen molar-refractivity contribution in [2.75, 3.05) is 19.0 Å². The van der Waals surface area contributed by atoms with Gasteiger partial charge in [-0.15, -0.1) is 0 Å². The number of amides is 2. The maximum atomic E-state index is 12.7. The van der Waals surface area contributed by atoms with Gasteiger partial charge in [0.1, 0.15) is 0 Å². The fraction of sp³-hybridized carbons (Fsp3) is 0.143. The van der Waals surface area contributed by atoms with Crippen LogP contribution in [0, 0.1) is 0 Å². The van der Waals surface area contributed by atoms with Gasteiger partial charge in [-0.3, -0.25) is 9.59 Å². The number of carbonyl (C=O) groups excluding carboxylic acids is 2. The number of fused-ring (bicyclic) bond motifs is 1. The first-order valence-electron chi connectivity index (χ1n) is 8.31. The highest BCUT2D eigenvalue weighted by Gasteiger charge is 2.14. The predicted octanol–water partition coefficient (Wildman–Crippen LogP) is 3.59. The van der Waals surface area contributed by atoms with Gasteiger partial charge in [0, 0.05) is 43.6 Å². The van der Waals surface area contributed by atoms with Gasteiger partial charge < -0.3 is 14.8 Å². The number of rotatable bonds is 5. The van der Waals surface area contributed by atoms with Crippen LogP contribution in [0.3, 0.4) is 0 Å². The smallest absolute Gasteiger partial charge is 0.253 e. The summed E-state index contributed by atoms with van der Waals surface area (Å²) in [6.07, 6.45) is 3.16. The van der Waals surface area contributed by atoms with E-state index in [1.54, 1.807) is 43.3 Å². The second-order valence-electron chi connectivity index (χ2n) is 6.21. The first-order chi connectivity index (χ1) is 12.5. The summed E-state index contributed by atoms with van der Waals surface area (Å²) in [5, 5.41) is 1.15. The van der Waals surface area contributed by atoms with E-state index in [1.165, 1.54) is 11.0 Å². The van der Waals surface area contributed by atoms with Gasteiger partial charge in [0.2, 0.25) is 5.91 Å². The van der Waals surface area contributed by atoms with Gasteiger partial charge in [0.25, 0.3) is 5.91 Å². The van der Waals surface area contributed by atoms with Gasteiger partial charge in [0.15, 0.2) is 0 Å². The van der Waals surface area contributed by atoms with Crippen LogP contribution >= 0.6 is 0 Å². The molecule has 2 aromatic carbocycles. The monoisotopic (exact) mass is 347 g/mol. The molecule has 0 aliphatic rings. The molecule has 5 heteroatoms. The molecule has 3 aromatic rings. The zero-order valence-electron chi connectivity index (χ0n) is 14.9. The Balaban J connectivity index is 1.71. The van der Waals surface area contributed by atoms with Crippen LogP contribution in [-0.2, 0) is 11.3 Å². The first kappa shape index (κ1) is 17.5. The van der Waals surface area contributed by atoms with Gasteiger partial charge in [0.05, 0.1) is 0 Å². The van der Waals surface area contributed by atoms with Crippen molar-refractivity contribution in [3.63, 3.8) is 0 Å². The van der Waals surface area contributed by atoms with Crippen LogP contribution in [0.5, 0.6) is 0 Å². The molecule has 0 aliphatic carbocycles. The Morgan fingerprint density at radius 3 is 2.50 bits per heavy atom. The summed E-state index contributed by atoms with van der Waals surface area (Å²) < 4.78 is 0. The Morgan fingerprint density at radius 1 is 1.08 bits per heavy atom. The number of nitrogens with one attached hydrogen (secondary N) is 1. The fourth-order valence-electron chi connectivity index (χ4n) is 2.85. The molecule has 2 amide bonds. The summed E-state index contributed by atoms with van der Waals surface area (Å²) in [5.74, 6) is -0.262. The van der Waals surface area contributed by atoms with Crippen LogP contribution in [0.15, 0.2) is 67.4 Å². The van der Waals surface area contributed by atoms with Gasteiger partial charge in [-0.25, -0.2) is 0 Å². The lowest BCUT2D eigenvalue weighted by Gasteiger charge is -2.19. The Bertz CT molecular complexity index is 957. The second kappa shape index (κ2) is 7.27. The van der Waals surface area contributed by atoms with Crippen LogP contribution in [0.2, 0.25) is 0 Å². The molecule has 0 aliphatic heterocycles. The lowest BCUT2D eigenvalue weighted by molar-refractivity contribution is -0.113. The maximum absolute atomic E-state index is 12.7. The number of aromatic amines is 1. The molecule has 1 heterocycles. The SMILES string of the molecule is C=CC(=O)N(C)c1ccc(C(=O)N(C)Cc2ccc3cc[nH]c3c2)cc1. The second-order valence-corrected chi connectivity index (χ2v) is 6.21. The van der Waals surface area contributed by atoms with Crippen LogP contribution < -0.4 is 4.90 Å². The number of anilines is 1. The highest BCUT2D eigenvalue weighted by molar-refractivity contribution is 6.01. The zero-order chi connectivity index (χ0) is 18.7. The summed E-state index contributed by atoms with van der Waals surface area (Å²) in [7, 11) is 3.45. The third-order valence-corrected chi connectivity index (χ3v) is 4.39. The van der Waals surface area contributed by atoms with E-state index in [4.69, 9.17) is 0 Å². The molecule has 132 valence electrons. The number of hydrogen-bond acceptors (Lipinski definition) is 2. The van der Waals surface area contributed by atoms with Crippen molar-refractivity contribution in [3.05, 3.63) is 78.5 Å². The van der Waals surface area contributed by atoms with Crippen molar-refractivity contribution in [2.45, 2.75) is 6.54 Å². The molecule has 3 rings (SSSR count). The number of carbonyl (C=O) groups is 2. The van der Waals surface area contributed by atoms with Crippen molar-refractivity contribution in [1.29, 1.82) is 0 Å². The van der Waals surface area contributed by atoms with E-state index in [0.29, 0.717) is 17.8 Å². The number of hydrogen-bond donors (Lipinski definition) is 1. The molecule has 0 fully saturated rings. The van der Waals surface area contributed by atoms with Crippen molar-refractivity contribution in [1.82, 2.24) is 9.88 Å². The number of likely N-dealkylation sites (N-methyl/N-ethyl adjacent to an activating group) is 1. The summed E-state index contributed by atoms with van der Waals surface area (Å²) in [6.45, 7) is 4.00. The molecule has 0 saturated heterocycles. The van der Waals surface area contributed by atoms with Crippen molar-refractivity contribution in [3.8, 4) is 0 Å². The molecule has 0 unspecified atom stereocenters. The topological polar surface area (TPSA) is 56.4 Å². The molecule has 26 heavy (non-hydrogen) atoms. The Morgan fingerprint density at radius 2 is 1.81 bits per heavy atom. The van der Waals surface area contributed by atoms with Gasteiger partial charge in [-0.05, 0) is 53.4 Å². The highest BCUT2D eigenvalue weighted by atomic mass is 16.2. The van der Waals surface area contributed by atoms with E-state index < -0.39 is 0 Å². The molecular weight excluding hydrogens is 326 g/mol. The predicted molar refractivity (Wildman–Crippen MR) is 104 cm³/mol. The lowest BCUT2D eigenvalue weighted by atomic mass is 10.1. The minimum atomic E-state index is -0.194. The van der Waals surface area contributed by atoms with Crippen LogP contribution in [0.4, 0.5) is 5.69 Å². The molecule has 0 saturated carbocycles. The highest BCUT2D eigenvalue weighted by Crippen LogP contribution is 2.18. The summed E-state index contributed by atoms with van der Waals surface area (Å²) in [4.78, 5) is 30.6. The lowest BCUT2D eigenvalue weighted by Crippen LogP contribution is -2.26. The van der Waals surface area contributed by atoms with Gasteiger partial charge in [-0.2, -0.15) is 0 Å². The minimum absolute atomic E-state index is 0.0687. The van der Waals surface area contributed by atoms with Crippen LogP contribution in [0.25, 0.3) is 10.9 Å². The molecule has 1 N–H and O–H groups in total. The molecule has 0 radical (unpaired) electrons. The fourth-order valence-corrected chi connectivity index (χ4v) is 2.85. The summed E-state index contributed by atoms with van der Waals surface area (Å²) >= 11 is 0. The van der Waals surface area contributed by atoms with Gasteiger partial charge >= 0.3 is 0 Å². The summed E-state index contributed by atoms with van der Waals surface area (Å²) in [5.41, 5.74) is 3.41. The zero-order valence-corrected chi connectivity index (χ0v) is 14.9. The van der Waals surface area contributed by atoms with E-state index in [-0.39, 0.29) is 11.8 Å². The van der Waals surface area contributed by atoms with E-state index in [0.717, 1.165) is 16.5 Å². The summed E-state index contributed by atoms with van der Waals surface area (Å²) in [6, 6.07) is 15.1. The molecule has 0 bridgehead atoms. The number of benzene rings is 2. The Kier molecular flexibility index (Phi) is 4.89. The molecule has 1 aromatic heterocycles. The molecule has 0 spiro atoms. The average molecular weight is 347 g/mol. The van der Waals surface area contributed by atoms with Crippen molar-refractivity contribution >= 4 is 28.4 Å². The van der Waals surface area contributed by atoms with Crippen LogP contribution in [-0.4, -0.2) is 35.8 Å². The number of aromatic nitrogens is 1. The van der Waals surface area contributed by atoms with E-state index >= 15 is 0 Å². The average Bonchev–Trinajstić information content (AvgIpc) is 3.14. The van der Waals surface area contributed by atoms with E-state index in [9.17, 15) is 9.59 Å². The van der Waals surface area contributed by atoms with E-state index in [1.807, 2.05) is 24.4 Å². The number of H-pyrrole nitrogens is 1. The standard InChI is InChI=1S/C21H21N3O2/c1-4-20(25)24(3)18-9-7-17(8-10-18)21(26)23(2)14-15-5-6-16-11-12-22-19(16)13-15/h4-13,22H,1,14H2,2-3H3. The Hall–Kier alpha value is -3.34. The first-order valence-corrected chi connectivity index (χ1v) is 8.31. The van der Waals surface area contributed by atoms with Crippen LogP contribution in [0.1, 0.15) is 15.9 Å². The van der Waals surface area contributed by atoms with Crippen molar-refractivity contribution < 1.29 is 9.59 Å². The van der Waals surface area contributed by atoms with E-state index in [2.05, 4.69) is 17.6 Å². The minimum Gasteiger partial charge on any atom is -0.361 e. The number of nitrogens with zero attached hydrogens (tertiary/aromatic N) is 2. The maximum Gasteiger partial charge on any atom is 0.253 e. The Labute approximate surface area is 152 Å². The molecule has 0 atom stereocenters. The quantitative estimate of drug-likeness (QED) is 0.717. The largest absolute Gasteiger partial charge is 0.361 e. The third-order valence-electron chi connectivity index (χ3n) is 4.39. The molecule has 5 nitrogen and oxygen atoms in total. The third kappa shape index (κ3) is 3.52. The van der Waals surface area contributed by atoms with Gasteiger partial charge in [-0.1, -0.05) is 18.7 Å². The normalized spacial score (nSPS) is 10.5. The van der Waals surface area contributed by atoms with Crippen molar-refractivity contribution in [2.24, 2.45) is 0 Å². The molecular formula is C21H21N3O2.